The van der Waals surface area contributed by atoms with Gasteiger partial charge in [-0.05, 0) is 29.7 Å². The Bertz CT molecular complexity index is 345. The van der Waals surface area contributed by atoms with Crippen LogP contribution in [0.4, 0.5) is 0 Å². The zero-order valence-electron chi connectivity index (χ0n) is 7.88. The molecular weight excluding hydrogens is 158 g/mol. The molecule has 1 nitrogen and oxygen atoms in total. The summed E-state index contributed by atoms with van der Waals surface area (Å²) in [7, 11) is 0. The first-order valence-corrected chi connectivity index (χ1v) is 4.46. The molecule has 0 atom stereocenters. The van der Waals surface area contributed by atoms with Crippen molar-refractivity contribution in [2.75, 3.05) is 0 Å². The monoisotopic (exact) mass is 171 g/mol. The predicted octanol–water partition coefficient (Wildman–Crippen LogP) is 3.15. The molecule has 1 rings (SSSR count). The first-order valence-electron chi connectivity index (χ1n) is 4.46. The van der Waals surface area contributed by atoms with Gasteiger partial charge in [0.15, 0.2) is 0 Å². The topological polar surface area (TPSA) is 23.8 Å². The van der Waals surface area contributed by atoms with Crippen LogP contribution in [-0.4, -0.2) is 0 Å². The minimum atomic E-state index is 0.723. The highest BCUT2D eigenvalue weighted by atomic mass is 14.2. The maximum absolute atomic E-state index is 8.77. The fourth-order valence-electron chi connectivity index (χ4n) is 1.33. The quantitative estimate of drug-likeness (QED) is 0.685. The van der Waals surface area contributed by atoms with Gasteiger partial charge >= 0.3 is 0 Å². The third kappa shape index (κ3) is 2.45. The fourth-order valence-corrected chi connectivity index (χ4v) is 1.33. The van der Waals surface area contributed by atoms with Gasteiger partial charge in [-0.2, -0.15) is 5.26 Å². The lowest BCUT2D eigenvalue weighted by Crippen LogP contribution is -1.87. The lowest BCUT2D eigenvalue weighted by Gasteiger charge is -2.01. The van der Waals surface area contributed by atoms with Gasteiger partial charge in [0.2, 0.25) is 0 Å². The van der Waals surface area contributed by atoms with Crippen molar-refractivity contribution >= 4 is 6.08 Å². The van der Waals surface area contributed by atoms with Crippen LogP contribution in [0.3, 0.4) is 0 Å². The summed E-state index contributed by atoms with van der Waals surface area (Å²) in [4.78, 5) is 0. The van der Waals surface area contributed by atoms with Crippen LogP contribution in [0, 0.1) is 11.3 Å². The molecule has 1 aromatic carbocycles. The Balaban J connectivity index is 3.08. The Kier molecular flexibility index (Phi) is 3.28. The van der Waals surface area contributed by atoms with Crippen molar-refractivity contribution in [3.05, 3.63) is 41.5 Å². The molecule has 0 aliphatic carbocycles. The van der Waals surface area contributed by atoms with E-state index in [1.807, 2.05) is 12.1 Å². The van der Waals surface area contributed by atoms with E-state index < -0.39 is 0 Å². The Morgan fingerprint density at radius 1 is 1.46 bits per heavy atom. The van der Waals surface area contributed by atoms with E-state index in [2.05, 4.69) is 25.6 Å². The highest BCUT2D eigenvalue weighted by Gasteiger charge is 1.97. The second-order valence-corrected chi connectivity index (χ2v) is 3.03. The molecule has 0 aromatic heterocycles. The summed E-state index contributed by atoms with van der Waals surface area (Å²) in [6.07, 6.45) is 3.90. The Labute approximate surface area is 79.3 Å². The largest absolute Gasteiger partial charge is 0.192 e. The normalized spacial score (nSPS) is 9.23. The number of aryl methyl sites for hydroxylation is 1. The van der Waals surface area contributed by atoms with E-state index in [4.69, 9.17) is 5.26 Å². The molecule has 0 heterocycles. The van der Waals surface area contributed by atoms with Crippen molar-refractivity contribution in [1.82, 2.24) is 0 Å². The lowest BCUT2D eigenvalue weighted by molar-refractivity contribution is 0.921. The van der Waals surface area contributed by atoms with Crippen molar-refractivity contribution in [1.29, 1.82) is 5.26 Å². The minimum Gasteiger partial charge on any atom is -0.192 e. The molecule has 0 saturated heterocycles. The van der Waals surface area contributed by atoms with Crippen LogP contribution in [0.15, 0.2) is 24.8 Å². The maximum atomic E-state index is 8.77. The van der Waals surface area contributed by atoms with Gasteiger partial charge < -0.3 is 0 Å². The first kappa shape index (κ1) is 9.54. The van der Waals surface area contributed by atoms with Gasteiger partial charge in [0.1, 0.15) is 0 Å². The second-order valence-electron chi connectivity index (χ2n) is 3.03. The molecule has 13 heavy (non-hydrogen) atoms. The third-order valence-electron chi connectivity index (χ3n) is 1.92. The molecule has 0 saturated carbocycles. The van der Waals surface area contributed by atoms with Crippen LogP contribution in [-0.2, 0) is 6.42 Å². The summed E-state index contributed by atoms with van der Waals surface area (Å²) in [5, 5.41) is 8.77. The molecule has 0 aliphatic rings. The summed E-state index contributed by atoms with van der Waals surface area (Å²) >= 11 is 0. The molecule has 0 N–H and O–H groups in total. The number of nitrogens with zero attached hydrogens (tertiary/aromatic N) is 1. The molecule has 0 amide bonds. The van der Waals surface area contributed by atoms with E-state index in [1.165, 1.54) is 5.56 Å². The molecule has 0 aliphatic heterocycles. The fraction of sp³-hybridized carbons (Fsp3) is 0.250. The summed E-state index contributed by atoms with van der Waals surface area (Å²) in [5.74, 6) is 0. The molecule has 66 valence electrons. The molecule has 0 fully saturated rings. The third-order valence-corrected chi connectivity index (χ3v) is 1.92. The van der Waals surface area contributed by atoms with Gasteiger partial charge in [-0.15, -0.1) is 0 Å². The first-order chi connectivity index (χ1) is 6.30. The Hall–Kier alpha value is -1.55. The molecule has 0 radical (unpaired) electrons. The van der Waals surface area contributed by atoms with E-state index in [0.717, 1.165) is 24.0 Å². The zero-order chi connectivity index (χ0) is 9.68. The van der Waals surface area contributed by atoms with Crippen molar-refractivity contribution in [2.45, 2.75) is 19.8 Å². The molecule has 1 heteroatoms. The van der Waals surface area contributed by atoms with Gasteiger partial charge in [0, 0.05) is 0 Å². The van der Waals surface area contributed by atoms with Crippen molar-refractivity contribution in [2.24, 2.45) is 0 Å². The van der Waals surface area contributed by atoms with Crippen molar-refractivity contribution in [3.8, 4) is 6.07 Å². The average Bonchev–Trinajstić information content (AvgIpc) is 2.17. The second kappa shape index (κ2) is 4.47. The lowest BCUT2D eigenvalue weighted by atomic mass is 10.0. The van der Waals surface area contributed by atoms with E-state index in [0.29, 0.717) is 0 Å². The summed E-state index contributed by atoms with van der Waals surface area (Å²) < 4.78 is 0. The van der Waals surface area contributed by atoms with E-state index in [1.54, 1.807) is 6.08 Å². The number of hydrogen-bond donors (Lipinski definition) is 0. The van der Waals surface area contributed by atoms with Crippen LogP contribution < -0.4 is 0 Å². The highest BCUT2D eigenvalue weighted by molar-refractivity contribution is 5.52. The van der Waals surface area contributed by atoms with Crippen LogP contribution in [0.2, 0.25) is 0 Å². The number of benzene rings is 1. The summed E-state index contributed by atoms with van der Waals surface area (Å²) in [6, 6.07) is 8.03. The van der Waals surface area contributed by atoms with E-state index in [9.17, 15) is 0 Å². The van der Waals surface area contributed by atoms with Gasteiger partial charge in [-0.3, -0.25) is 0 Å². The zero-order valence-corrected chi connectivity index (χ0v) is 7.88. The Morgan fingerprint density at radius 3 is 2.77 bits per heavy atom. The number of hydrogen-bond acceptors (Lipinski definition) is 1. The highest BCUT2D eigenvalue weighted by Crippen LogP contribution is 2.12. The number of nitriles is 1. The maximum Gasteiger partial charge on any atom is 0.0991 e. The van der Waals surface area contributed by atoms with Gasteiger partial charge in [0.05, 0.1) is 11.6 Å². The van der Waals surface area contributed by atoms with Gasteiger partial charge in [0.25, 0.3) is 0 Å². The standard InChI is InChI=1S/C12H13N/c1-3-5-11-6-10(4-2)7-12(8-11)9-13/h4,6-8H,2-3,5H2,1H3. The molecular formula is C12H13N. The number of rotatable bonds is 3. The predicted molar refractivity (Wildman–Crippen MR) is 55.2 cm³/mol. The average molecular weight is 171 g/mol. The smallest absolute Gasteiger partial charge is 0.0991 e. The van der Waals surface area contributed by atoms with Crippen LogP contribution in [0.5, 0.6) is 0 Å². The van der Waals surface area contributed by atoms with Crippen LogP contribution in [0.25, 0.3) is 6.08 Å². The SMILES string of the molecule is C=Cc1cc(C#N)cc(CCC)c1. The van der Waals surface area contributed by atoms with Gasteiger partial charge in [-0.1, -0.05) is 32.1 Å². The summed E-state index contributed by atoms with van der Waals surface area (Å²) in [5.41, 5.74) is 2.97. The van der Waals surface area contributed by atoms with E-state index >= 15 is 0 Å². The molecule has 0 unspecified atom stereocenters. The summed E-state index contributed by atoms with van der Waals surface area (Å²) in [6.45, 7) is 5.83. The molecule has 0 spiro atoms. The molecule has 1 aromatic rings. The molecule has 0 bridgehead atoms. The minimum absolute atomic E-state index is 0.723. The Morgan fingerprint density at radius 2 is 2.23 bits per heavy atom. The van der Waals surface area contributed by atoms with E-state index in [-0.39, 0.29) is 0 Å². The van der Waals surface area contributed by atoms with Crippen LogP contribution >= 0.6 is 0 Å². The van der Waals surface area contributed by atoms with Crippen molar-refractivity contribution in [3.63, 3.8) is 0 Å². The van der Waals surface area contributed by atoms with Gasteiger partial charge in [-0.25, -0.2) is 0 Å². The van der Waals surface area contributed by atoms with Crippen molar-refractivity contribution < 1.29 is 0 Å². The van der Waals surface area contributed by atoms with Crippen LogP contribution in [0.1, 0.15) is 30.0 Å².